The number of hydrogen-bond donors (Lipinski definition) is 0. The minimum Gasteiger partial charge on any atom is -0.497 e. The number of imidazole rings is 1. The van der Waals surface area contributed by atoms with Crippen molar-refractivity contribution >= 4 is 11.0 Å². The monoisotopic (exact) mass is 303 g/mol. The van der Waals surface area contributed by atoms with Gasteiger partial charge in [0.05, 0.1) is 24.7 Å². The largest absolute Gasteiger partial charge is 0.497 e. The molecule has 1 aromatic carbocycles. The Bertz CT molecular complexity index is 591. The van der Waals surface area contributed by atoms with E-state index in [4.69, 9.17) is 9.72 Å². The van der Waals surface area contributed by atoms with E-state index < -0.39 is 0 Å². The van der Waals surface area contributed by atoms with Gasteiger partial charge in [-0.3, -0.25) is 4.90 Å². The summed E-state index contributed by atoms with van der Waals surface area (Å²) >= 11 is 0. The van der Waals surface area contributed by atoms with Crippen LogP contribution in [0, 0.1) is 0 Å². The summed E-state index contributed by atoms with van der Waals surface area (Å²) in [4.78, 5) is 7.23. The number of aromatic nitrogens is 2. The van der Waals surface area contributed by atoms with E-state index in [1.807, 2.05) is 12.1 Å². The number of ether oxygens (including phenoxy) is 1. The Kier molecular flexibility index (Phi) is 6.25. The van der Waals surface area contributed by atoms with E-state index in [1.165, 1.54) is 31.2 Å². The van der Waals surface area contributed by atoms with Crippen molar-refractivity contribution < 1.29 is 4.74 Å². The van der Waals surface area contributed by atoms with Crippen LogP contribution in [0.1, 0.15) is 45.4 Å². The molecule has 0 aliphatic heterocycles. The van der Waals surface area contributed by atoms with Crippen molar-refractivity contribution in [2.75, 3.05) is 20.7 Å². The number of unbranched alkanes of at least 4 members (excludes halogenated alkanes) is 2. The molecule has 0 N–H and O–H groups in total. The molecule has 0 saturated heterocycles. The molecule has 0 radical (unpaired) electrons. The molecule has 1 aromatic heterocycles. The van der Waals surface area contributed by atoms with Crippen LogP contribution < -0.4 is 4.74 Å². The number of methoxy groups -OCH3 is 1. The van der Waals surface area contributed by atoms with Gasteiger partial charge in [-0.1, -0.05) is 26.7 Å². The molecule has 0 aliphatic rings. The van der Waals surface area contributed by atoms with Crippen molar-refractivity contribution in [3.05, 3.63) is 24.0 Å². The van der Waals surface area contributed by atoms with Crippen molar-refractivity contribution in [3.8, 4) is 5.75 Å². The van der Waals surface area contributed by atoms with E-state index >= 15 is 0 Å². The highest BCUT2D eigenvalue weighted by atomic mass is 16.5. The van der Waals surface area contributed by atoms with E-state index in [0.717, 1.165) is 36.7 Å². The first-order chi connectivity index (χ1) is 10.7. The second kappa shape index (κ2) is 8.18. The van der Waals surface area contributed by atoms with E-state index in [2.05, 4.69) is 36.4 Å². The van der Waals surface area contributed by atoms with Crippen LogP contribution in [0.15, 0.2) is 18.2 Å². The standard InChI is InChI=1S/C18H29N3O/c1-5-7-11-20(3)14-18-19-16-13-15(22-4)9-10-17(16)21(18)12-8-6-2/h9-10,13H,5-8,11-12,14H2,1-4H3. The van der Waals surface area contributed by atoms with Crippen LogP contribution in [0.5, 0.6) is 5.75 Å². The predicted octanol–water partition coefficient (Wildman–Crippen LogP) is 4.08. The zero-order chi connectivity index (χ0) is 15.9. The van der Waals surface area contributed by atoms with Crippen molar-refractivity contribution in [2.45, 2.75) is 52.6 Å². The van der Waals surface area contributed by atoms with Gasteiger partial charge < -0.3 is 9.30 Å². The van der Waals surface area contributed by atoms with Crippen LogP contribution in [-0.2, 0) is 13.1 Å². The van der Waals surface area contributed by atoms with Gasteiger partial charge in [0, 0.05) is 12.6 Å². The minimum atomic E-state index is 0.874. The lowest BCUT2D eigenvalue weighted by molar-refractivity contribution is 0.307. The molecule has 1 heterocycles. The predicted molar refractivity (Wildman–Crippen MR) is 92.4 cm³/mol. The molecule has 0 saturated carbocycles. The van der Waals surface area contributed by atoms with Gasteiger partial charge in [0.2, 0.25) is 0 Å². The van der Waals surface area contributed by atoms with Gasteiger partial charge in [0.1, 0.15) is 11.6 Å². The fourth-order valence-corrected chi connectivity index (χ4v) is 2.72. The summed E-state index contributed by atoms with van der Waals surface area (Å²) in [6.07, 6.45) is 4.84. The molecule has 0 amide bonds. The average Bonchev–Trinajstić information content (AvgIpc) is 2.86. The van der Waals surface area contributed by atoms with Crippen molar-refractivity contribution in [1.82, 2.24) is 14.5 Å². The molecule has 4 nitrogen and oxygen atoms in total. The molecule has 122 valence electrons. The van der Waals surface area contributed by atoms with Crippen LogP contribution in [0.25, 0.3) is 11.0 Å². The van der Waals surface area contributed by atoms with Gasteiger partial charge in [0.25, 0.3) is 0 Å². The van der Waals surface area contributed by atoms with E-state index in [1.54, 1.807) is 7.11 Å². The molecular formula is C18H29N3O. The Hall–Kier alpha value is -1.55. The normalized spacial score (nSPS) is 11.5. The molecule has 2 aromatic rings. The van der Waals surface area contributed by atoms with Crippen LogP contribution in [0.3, 0.4) is 0 Å². The lowest BCUT2D eigenvalue weighted by Crippen LogP contribution is -2.21. The zero-order valence-corrected chi connectivity index (χ0v) is 14.4. The summed E-state index contributed by atoms with van der Waals surface area (Å²) < 4.78 is 7.70. The molecule has 0 bridgehead atoms. The third-order valence-corrected chi connectivity index (χ3v) is 4.07. The third-order valence-electron chi connectivity index (χ3n) is 4.07. The summed E-state index contributed by atoms with van der Waals surface area (Å²) in [5.74, 6) is 2.04. The molecule has 0 spiro atoms. The van der Waals surface area contributed by atoms with Crippen molar-refractivity contribution in [2.24, 2.45) is 0 Å². The molecule has 4 heteroatoms. The molecule has 0 fully saturated rings. The van der Waals surface area contributed by atoms with Gasteiger partial charge >= 0.3 is 0 Å². The summed E-state index contributed by atoms with van der Waals surface area (Å²) in [6.45, 7) is 7.53. The molecule has 0 aliphatic carbocycles. The van der Waals surface area contributed by atoms with Gasteiger partial charge in [-0.2, -0.15) is 0 Å². The first kappa shape index (κ1) is 16.8. The first-order valence-corrected chi connectivity index (χ1v) is 8.41. The minimum absolute atomic E-state index is 0.874. The Labute approximate surface area is 134 Å². The smallest absolute Gasteiger partial charge is 0.124 e. The average molecular weight is 303 g/mol. The maximum atomic E-state index is 5.33. The van der Waals surface area contributed by atoms with Gasteiger partial charge in [-0.15, -0.1) is 0 Å². The number of nitrogens with zero attached hydrogens (tertiary/aromatic N) is 3. The highest BCUT2D eigenvalue weighted by molar-refractivity contribution is 5.77. The molecule has 0 unspecified atom stereocenters. The van der Waals surface area contributed by atoms with Crippen LogP contribution in [0.2, 0.25) is 0 Å². The summed E-state index contributed by atoms with van der Waals surface area (Å²) in [6, 6.07) is 6.19. The SMILES string of the molecule is CCCCN(C)Cc1nc2cc(OC)ccc2n1CCCC. The number of benzene rings is 1. The molecule has 2 rings (SSSR count). The van der Waals surface area contributed by atoms with E-state index in [0.29, 0.717) is 0 Å². The second-order valence-electron chi connectivity index (χ2n) is 5.98. The lowest BCUT2D eigenvalue weighted by atomic mass is 10.3. The Morgan fingerprint density at radius 1 is 1.18 bits per heavy atom. The van der Waals surface area contributed by atoms with Crippen LogP contribution >= 0.6 is 0 Å². The van der Waals surface area contributed by atoms with E-state index in [-0.39, 0.29) is 0 Å². The first-order valence-electron chi connectivity index (χ1n) is 8.41. The topological polar surface area (TPSA) is 30.3 Å². The maximum Gasteiger partial charge on any atom is 0.124 e. The number of aryl methyl sites for hydroxylation is 1. The fraction of sp³-hybridized carbons (Fsp3) is 0.611. The third kappa shape index (κ3) is 4.01. The zero-order valence-electron chi connectivity index (χ0n) is 14.4. The lowest BCUT2D eigenvalue weighted by Gasteiger charge is -2.17. The van der Waals surface area contributed by atoms with Gasteiger partial charge in [-0.05, 0) is 38.6 Å². The maximum absolute atomic E-state index is 5.33. The van der Waals surface area contributed by atoms with E-state index in [9.17, 15) is 0 Å². The quantitative estimate of drug-likeness (QED) is 0.699. The van der Waals surface area contributed by atoms with Crippen LogP contribution in [-0.4, -0.2) is 35.2 Å². The molecule has 0 atom stereocenters. The molecular weight excluding hydrogens is 274 g/mol. The Balaban J connectivity index is 2.29. The number of fused-ring (bicyclic) bond motifs is 1. The summed E-state index contributed by atoms with van der Waals surface area (Å²) in [7, 11) is 3.88. The Morgan fingerprint density at radius 3 is 2.64 bits per heavy atom. The van der Waals surface area contributed by atoms with Gasteiger partial charge in [-0.25, -0.2) is 4.98 Å². The van der Waals surface area contributed by atoms with Crippen molar-refractivity contribution in [3.63, 3.8) is 0 Å². The fourth-order valence-electron chi connectivity index (χ4n) is 2.72. The highest BCUT2D eigenvalue weighted by Gasteiger charge is 2.13. The molecule has 22 heavy (non-hydrogen) atoms. The highest BCUT2D eigenvalue weighted by Crippen LogP contribution is 2.23. The summed E-state index contributed by atoms with van der Waals surface area (Å²) in [5.41, 5.74) is 2.25. The van der Waals surface area contributed by atoms with Crippen LogP contribution in [0.4, 0.5) is 0 Å². The number of hydrogen-bond acceptors (Lipinski definition) is 3. The second-order valence-corrected chi connectivity index (χ2v) is 5.98. The summed E-state index contributed by atoms with van der Waals surface area (Å²) in [5, 5.41) is 0. The van der Waals surface area contributed by atoms with Gasteiger partial charge in [0.15, 0.2) is 0 Å². The number of rotatable bonds is 9. The Morgan fingerprint density at radius 2 is 1.95 bits per heavy atom. The van der Waals surface area contributed by atoms with Crippen molar-refractivity contribution in [1.29, 1.82) is 0 Å².